The molecule has 2 aromatic heterocycles. The Morgan fingerprint density at radius 1 is 1.23 bits per heavy atom. The first kappa shape index (κ1) is 18.7. The molecule has 4 nitrogen and oxygen atoms in total. The van der Waals surface area contributed by atoms with E-state index < -0.39 is 11.7 Å². The lowest BCUT2D eigenvalue weighted by Gasteiger charge is -2.29. The van der Waals surface area contributed by atoms with Gasteiger partial charge < -0.3 is 10.1 Å². The van der Waals surface area contributed by atoms with E-state index in [1.807, 2.05) is 16.8 Å². The van der Waals surface area contributed by atoms with Crippen LogP contribution in [0, 0.1) is 0 Å². The number of halogens is 3. The number of ether oxygens (including phenoxy) is 1. The van der Waals surface area contributed by atoms with Gasteiger partial charge in [0.1, 0.15) is 6.10 Å². The lowest BCUT2D eigenvalue weighted by Crippen LogP contribution is -2.40. The first-order chi connectivity index (χ1) is 12.4. The molecule has 1 N–H and O–H groups in total. The van der Waals surface area contributed by atoms with Gasteiger partial charge in [-0.25, -0.2) is 4.98 Å². The van der Waals surface area contributed by atoms with Crippen molar-refractivity contribution in [1.29, 1.82) is 0 Å². The molecule has 140 valence electrons. The maximum Gasteiger partial charge on any atom is 0.417 e. The summed E-state index contributed by atoms with van der Waals surface area (Å²) in [5.41, 5.74) is 0.222. The SMILES string of the molecule is O=C(Cc1ccsc1)NC1CCC(Oc2ccc(C(F)(F)F)cn2)CC1. The van der Waals surface area contributed by atoms with Gasteiger partial charge in [-0.3, -0.25) is 4.79 Å². The zero-order valence-electron chi connectivity index (χ0n) is 14.0. The van der Waals surface area contributed by atoms with Crippen LogP contribution in [0.3, 0.4) is 0 Å². The van der Waals surface area contributed by atoms with Gasteiger partial charge in [0.25, 0.3) is 0 Å². The molecule has 2 aromatic rings. The molecule has 0 aromatic carbocycles. The predicted octanol–water partition coefficient (Wildman–Crippen LogP) is 4.21. The number of amides is 1. The van der Waals surface area contributed by atoms with Crippen molar-refractivity contribution < 1.29 is 22.7 Å². The van der Waals surface area contributed by atoms with E-state index in [4.69, 9.17) is 4.74 Å². The Morgan fingerprint density at radius 2 is 2.00 bits per heavy atom. The second-order valence-corrected chi connectivity index (χ2v) is 7.13. The zero-order chi connectivity index (χ0) is 18.6. The minimum absolute atomic E-state index is 0.0113. The molecular formula is C18H19F3N2O2S. The molecule has 0 unspecified atom stereocenters. The number of carbonyl (C=O) groups is 1. The molecular weight excluding hydrogens is 365 g/mol. The molecule has 3 rings (SSSR count). The number of carbonyl (C=O) groups excluding carboxylic acids is 1. The number of hydrogen-bond donors (Lipinski definition) is 1. The van der Waals surface area contributed by atoms with Gasteiger partial charge in [0.2, 0.25) is 11.8 Å². The minimum atomic E-state index is -4.40. The lowest BCUT2D eigenvalue weighted by molar-refractivity contribution is -0.137. The first-order valence-corrected chi connectivity index (χ1v) is 9.35. The minimum Gasteiger partial charge on any atom is -0.474 e. The van der Waals surface area contributed by atoms with E-state index in [0.29, 0.717) is 6.42 Å². The largest absolute Gasteiger partial charge is 0.474 e. The number of thiophene rings is 1. The Kier molecular flexibility index (Phi) is 5.80. The van der Waals surface area contributed by atoms with E-state index in [2.05, 4.69) is 10.3 Å². The smallest absolute Gasteiger partial charge is 0.417 e. The van der Waals surface area contributed by atoms with Crippen LogP contribution in [0.2, 0.25) is 0 Å². The fraction of sp³-hybridized carbons (Fsp3) is 0.444. The number of pyridine rings is 1. The summed E-state index contributed by atoms with van der Waals surface area (Å²) in [5, 5.41) is 6.94. The Labute approximate surface area is 153 Å². The van der Waals surface area contributed by atoms with Gasteiger partial charge in [0.15, 0.2) is 0 Å². The van der Waals surface area contributed by atoms with E-state index in [-0.39, 0.29) is 23.9 Å². The first-order valence-electron chi connectivity index (χ1n) is 8.40. The maximum atomic E-state index is 12.5. The maximum absolute atomic E-state index is 12.5. The predicted molar refractivity (Wildman–Crippen MR) is 92.1 cm³/mol. The molecule has 1 saturated carbocycles. The van der Waals surface area contributed by atoms with Crippen molar-refractivity contribution in [1.82, 2.24) is 10.3 Å². The summed E-state index contributed by atoms with van der Waals surface area (Å²) in [6.07, 6.45) is -0.310. The molecule has 1 aliphatic rings. The number of nitrogens with zero attached hydrogens (tertiary/aromatic N) is 1. The highest BCUT2D eigenvalue weighted by Crippen LogP contribution is 2.30. The lowest BCUT2D eigenvalue weighted by atomic mass is 9.93. The topological polar surface area (TPSA) is 51.2 Å². The van der Waals surface area contributed by atoms with Crippen molar-refractivity contribution in [2.45, 2.75) is 50.4 Å². The van der Waals surface area contributed by atoms with Gasteiger partial charge >= 0.3 is 6.18 Å². The summed E-state index contributed by atoms with van der Waals surface area (Å²) in [5.74, 6) is 0.208. The molecule has 0 bridgehead atoms. The van der Waals surface area contributed by atoms with Gasteiger partial charge in [-0.05, 0) is 54.1 Å². The molecule has 0 radical (unpaired) electrons. The second-order valence-electron chi connectivity index (χ2n) is 6.35. The standard InChI is InChI=1S/C18H19F3N2O2S/c19-18(20,21)13-1-6-17(22-10-13)25-15-4-2-14(3-5-15)23-16(24)9-12-7-8-26-11-12/h1,6-8,10-11,14-15H,2-5,9H2,(H,23,24). The van der Waals surface area contributed by atoms with Gasteiger partial charge in [0, 0.05) is 18.3 Å². The number of alkyl halides is 3. The fourth-order valence-corrected chi connectivity index (χ4v) is 3.64. The Hall–Kier alpha value is -2.09. The normalized spacial score (nSPS) is 20.6. The van der Waals surface area contributed by atoms with E-state index in [1.54, 1.807) is 11.3 Å². The Morgan fingerprint density at radius 3 is 2.58 bits per heavy atom. The summed E-state index contributed by atoms with van der Waals surface area (Å²) in [7, 11) is 0. The Balaban J connectivity index is 1.43. The summed E-state index contributed by atoms with van der Waals surface area (Å²) in [4.78, 5) is 15.8. The van der Waals surface area contributed by atoms with E-state index >= 15 is 0 Å². The summed E-state index contributed by atoms with van der Waals surface area (Å²) < 4.78 is 43.3. The van der Waals surface area contributed by atoms with Crippen LogP contribution < -0.4 is 10.1 Å². The van der Waals surface area contributed by atoms with Crippen molar-refractivity contribution in [3.8, 4) is 5.88 Å². The molecule has 1 fully saturated rings. The summed E-state index contributed by atoms with van der Waals surface area (Å²) in [6.45, 7) is 0. The highest BCUT2D eigenvalue weighted by Gasteiger charge is 2.31. The van der Waals surface area contributed by atoms with Crippen LogP contribution in [0.5, 0.6) is 5.88 Å². The molecule has 0 spiro atoms. The number of hydrogen-bond acceptors (Lipinski definition) is 4. The third-order valence-electron chi connectivity index (χ3n) is 4.34. The van der Waals surface area contributed by atoms with Crippen molar-refractivity contribution in [2.75, 3.05) is 0 Å². The highest BCUT2D eigenvalue weighted by atomic mass is 32.1. The van der Waals surface area contributed by atoms with Gasteiger partial charge in [0.05, 0.1) is 12.0 Å². The zero-order valence-corrected chi connectivity index (χ0v) is 14.8. The summed E-state index contributed by atoms with van der Waals surface area (Å²) >= 11 is 1.57. The molecule has 8 heteroatoms. The van der Waals surface area contributed by atoms with Crippen LogP contribution in [0.1, 0.15) is 36.8 Å². The van der Waals surface area contributed by atoms with Crippen LogP contribution >= 0.6 is 11.3 Å². The Bertz CT molecular complexity index is 709. The van der Waals surface area contributed by atoms with Gasteiger partial charge in [-0.2, -0.15) is 24.5 Å². The molecule has 1 amide bonds. The van der Waals surface area contributed by atoms with E-state index in [1.165, 1.54) is 6.07 Å². The van der Waals surface area contributed by atoms with Crippen LogP contribution in [0.25, 0.3) is 0 Å². The highest BCUT2D eigenvalue weighted by molar-refractivity contribution is 7.08. The molecule has 26 heavy (non-hydrogen) atoms. The van der Waals surface area contributed by atoms with Crippen LogP contribution in [-0.4, -0.2) is 23.0 Å². The average molecular weight is 384 g/mol. The number of aromatic nitrogens is 1. The molecule has 2 heterocycles. The van der Waals surface area contributed by atoms with E-state index in [0.717, 1.165) is 43.5 Å². The third-order valence-corrected chi connectivity index (χ3v) is 5.07. The van der Waals surface area contributed by atoms with Crippen LogP contribution in [-0.2, 0) is 17.4 Å². The van der Waals surface area contributed by atoms with Crippen LogP contribution in [0.15, 0.2) is 35.2 Å². The van der Waals surface area contributed by atoms with Gasteiger partial charge in [-0.1, -0.05) is 0 Å². The van der Waals surface area contributed by atoms with Crippen LogP contribution in [0.4, 0.5) is 13.2 Å². The van der Waals surface area contributed by atoms with Crippen molar-refractivity contribution in [3.63, 3.8) is 0 Å². The molecule has 0 aliphatic heterocycles. The molecule has 0 atom stereocenters. The second kappa shape index (κ2) is 8.07. The third kappa shape index (κ3) is 5.20. The van der Waals surface area contributed by atoms with E-state index in [9.17, 15) is 18.0 Å². The van der Waals surface area contributed by atoms with Gasteiger partial charge in [-0.15, -0.1) is 0 Å². The monoisotopic (exact) mass is 384 g/mol. The van der Waals surface area contributed by atoms with Crippen molar-refractivity contribution >= 4 is 17.2 Å². The fourth-order valence-electron chi connectivity index (χ4n) is 2.97. The molecule has 0 saturated heterocycles. The summed E-state index contributed by atoms with van der Waals surface area (Å²) in [6, 6.07) is 4.27. The van der Waals surface area contributed by atoms with Crippen molar-refractivity contribution in [3.05, 3.63) is 46.3 Å². The average Bonchev–Trinajstić information content (AvgIpc) is 3.09. The van der Waals surface area contributed by atoms with Crippen molar-refractivity contribution in [2.24, 2.45) is 0 Å². The number of rotatable bonds is 5. The quantitative estimate of drug-likeness (QED) is 0.840. The number of nitrogens with one attached hydrogen (secondary N) is 1. The molecule has 1 aliphatic carbocycles.